The van der Waals surface area contributed by atoms with Crippen LogP contribution in [0.2, 0.25) is 0 Å². The summed E-state index contributed by atoms with van der Waals surface area (Å²) in [6, 6.07) is 21.0. The predicted molar refractivity (Wildman–Crippen MR) is 110 cm³/mol. The predicted octanol–water partition coefficient (Wildman–Crippen LogP) is 4.33. The molecule has 1 amide bonds. The molecule has 1 heterocycles. The van der Waals surface area contributed by atoms with E-state index in [1.54, 1.807) is 12.1 Å². The second-order valence-electron chi connectivity index (χ2n) is 6.34. The van der Waals surface area contributed by atoms with Crippen LogP contribution in [0.15, 0.2) is 66.7 Å². The number of hydrogen-bond acceptors (Lipinski definition) is 5. The van der Waals surface area contributed by atoms with Crippen molar-refractivity contribution in [3.63, 3.8) is 0 Å². The minimum absolute atomic E-state index is 0.201. The fourth-order valence-corrected chi connectivity index (χ4v) is 2.51. The van der Waals surface area contributed by atoms with Gasteiger partial charge < -0.3 is 15.4 Å². The Labute approximate surface area is 165 Å². The van der Waals surface area contributed by atoms with Gasteiger partial charge in [0.15, 0.2) is 11.5 Å². The van der Waals surface area contributed by atoms with Gasteiger partial charge in [-0.25, -0.2) is 0 Å². The van der Waals surface area contributed by atoms with E-state index in [1.807, 2.05) is 54.6 Å². The van der Waals surface area contributed by atoms with Crippen LogP contribution in [-0.4, -0.2) is 22.6 Å². The number of carbonyl (C=O) groups excluding carboxylic acids is 1. The Morgan fingerprint density at radius 2 is 1.75 bits per heavy atom. The van der Waals surface area contributed by atoms with Gasteiger partial charge in [0.1, 0.15) is 12.4 Å². The number of amides is 1. The number of anilines is 2. The molecule has 1 aromatic heterocycles. The molecular formula is C22H24N4O2. The topological polar surface area (TPSA) is 76.1 Å². The molecule has 3 aromatic rings. The number of rotatable bonds is 9. The van der Waals surface area contributed by atoms with Gasteiger partial charge in [0.05, 0.1) is 0 Å². The molecule has 0 atom stereocenters. The molecule has 0 aliphatic rings. The lowest BCUT2D eigenvalue weighted by Crippen LogP contribution is -2.25. The molecule has 6 nitrogen and oxygen atoms in total. The number of carbonyl (C=O) groups is 1. The standard InChI is InChI=1S/C22H24N4O2/c1-2-3-15-23-22(27)20-13-14-21(26-25-20)24-18-9-11-19(12-10-18)28-16-17-7-5-4-6-8-17/h4-14H,2-3,15-16H2,1H3,(H,23,27)(H,24,26). The molecule has 0 bridgehead atoms. The molecule has 3 rings (SSSR count). The third kappa shape index (κ3) is 5.81. The second kappa shape index (κ2) is 10.1. The molecule has 0 aliphatic heterocycles. The van der Waals surface area contributed by atoms with Crippen LogP contribution in [0, 0.1) is 0 Å². The fourth-order valence-electron chi connectivity index (χ4n) is 2.51. The highest BCUT2D eigenvalue weighted by atomic mass is 16.5. The first kappa shape index (κ1) is 19.4. The van der Waals surface area contributed by atoms with Crippen LogP contribution in [0.5, 0.6) is 5.75 Å². The Morgan fingerprint density at radius 3 is 2.43 bits per heavy atom. The summed E-state index contributed by atoms with van der Waals surface area (Å²) in [7, 11) is 0. The smallest absolute Gasteiger partial charge is 0.271 e. The zero-order chi connectivity index (χ0) is 19.6. The summed E-state index contributed by atoms with van der Waals surface area (Å²) in [6.45, 7) is 3.25. The molecular weight excluding hydrogens is 352 g/mol. The molecule has 2 N–H and O–H groups in total. The van der Waals surface area contributed by atoms with E-state index in [9.17, 15) is 4.79 Å². The Kier molecular flexibility index (Phi) is 6.95. The summed E-state index contributed by atoms with van der Waals surface area (Å²) in [5.41, 5.74) is 2.30. The fraction of sp³-hybridized carbons (Fsp3) is 0.227. The summed E-state index contributed by atoms with van der Waals surface area (Å²) in [6.07, 6.45) is 1.98. The van der Waals surface area contributed by atoms with Crippen molar-refractivity contribution >= 4 is 17.4 Å². The maximum Gasteiger partial charge on any atom is 0.271 e. The van der Waals surface area contributed by atoms with Crippen LogP contribution in [0.1, 0.15) is 35.8 Å². The third-order valence-corrected chi connectivity index (χ3v) is 4.09. The lowest BCUT2D eigenvalue weighted by molar-refractivity contribution is 0.0947. The van der Waals surface area contributed by atoms with Crippen molar-refractivity contribution in [3.8, 4) is 5.75 Å². The van der Waals surface area contributed by atoms with E-state index < -0.39 is 0 Å². The van der Waals surface area contributed by atoms with Gasteiger partial charge in [-0.05, 0) is 48.4 Å². The minimum atomic E-state index is -0.201. The summed E-state index contributed by atoms with van der Waals surface area (Å²) in [5, 5.41) is 14.0. The molecule has 0 unspecified atom stereocenters. The van der Waals surface area contributed by atoms with Crippen molar-refractivity contribution < 1.29 is 9.53 Å². The lowest BCUT2D eigenvalue weighted by Gasteiger charge is -2.09. The molecule has 0 saturated heterocycles. The zero-order valence-corrected chi connectivity index (χ0v) is 15.9. The zero-order valence-electron chi connectivity index (χ0n) is 15.9. The normalized spacial score (nSPS) is 10.3. The Balaban J connectivity index is 1.51. The molecule has 0 radical (unpaired) electrons. The number of benzene rings is 2. The number of aromatic nitrogens is 2. The first-order valence-corrected chi connectivity index (χ1v) is 9.40. The SMILES string of the molecule is CCCCNC(=O)c1ccc(Nc2ccc(OCc3ccccc3)cc2)nn1. The van der Waals surface area contributed by atoms with Gasteiger partial charge in [-0.15, -0.1) is 10.2 Å². The van der Waals surface area contributed by atoms with Crippen LogP contribution in [-0.2, 0) is 6.61 Å². The summed E-state index contributed by atoms with van der Waals surface area (Å²) >= 11 is 0. The van der Waals surface area contributed by atoms with Crippen LogP contribution in [0.25, 0.3) is 0 Å². The van der Waals surface area contributed by atoms with Gasteiger partial charge in [0.25, 0.3) is 5.91 Å². The molecule has 0 spiro atoms. The maximum atomic E-state index is 11.9. The maximum absolute atomic E-state index is 11.9. The van der Waals surface area contributed by atoms with E-state index in [2.05, 4.69) is 27.8 Å². The Bertz CT molecular complexity index is 865. The van der Waals surface area contributed by atoms with Gasteiger partial charge in [-0.3, -0.25) is 4.79 Å². The summed E-state index contributed by atoms with van der Waals surface area (Å²) in [5.74, 6) is 1.16. The molecule has 2 aromatic carbocycles. The van der Waals surface area contributed by atoms with E-state index in [0.29, 0.717) is 24.7 Å². The van der Waals surface area contributed by atoms with Crippen molar-refractivity contribution in [2.45, 2.75) is 26.4 Å². The van der Waals surface area contributed by atoms with Crippen molar-refractivity contribution in [3.05, 3.63) is 78.0 Å². The lowest BCUT2D eigenvalue weighted by atomic mass is 10.2. The van der Waals surface area contributed by atoms with Gasteiger partial charge in [0.2, 0.25) is 0 Å². The molecule has 28 heavy (non-hydrogen) atoms. The second-order valence-corrected chi connectivity index (χ2v) is 6.34. The van der Waals surface area contributed by atoms with Crippen molar-refractivity contribution in [2.24, 2.45) is 0 Å². The van der Waals surface area contributed by atoms with E-state index >= 15 is 0 Å². The molecule has 6 heteroatoms. The number of ether oxygens (including phenoxy) is 1. The minimum Gasteiger partial charge on any atom is -0.489 e. The average Bonchev–Trinajstić information content (AvgIpc) is 2.75. The highest BCUT2D eigenvalue weighted by Crippen LogP contribution is 2.19. The van der Waals surface area contributed by atoms with Gasteiger partial charge >= 0.3 is 0 Å². The van der Waals surface area contributed by atoms with Gasteiger partial charge in [-0.1, -0.05) is 43.7 Å². The van der Waals surface area contributed by atoms with Crippen molar-refractivity contribution in [2.75, 3.05) is 11.9 Å². The van der Waals surface area contributed by atoms with E-state index in [1.165, 1.54) is 0 Å². The Morgan fingerprint density at radius 1 is 0.964 bits per heavy atom. The average molecular weight is 376 g/mol. The molecule has 0 fully saturated rings. The largest absolute Gasteiger partial charge is 0.489 e. The van der Waals surface area contributed by atoms with Crippen LogP contribution >= 0.6 is 0 Å². The van der Waals surface area contributed by atoms with Gasteiger partial charge in [-0.2, -0.15) is 0 Å². The Hall–Kier alpha value is -3.41. The third-order valence-electron chi connectivity index (χ3n) is 4.09. The highest BCUT2D eigenvalue weighted by molar-refractivity contribution is 5.92. The molecule has 0 aliphatic carbocycles. The monoisotopic (exact) mass is 376 g/mol. The van der Waals surface area contributed by atoms with Crippen molar-refractivity contribution in [1.29, 1.82) is 0 Å². The summed E-state index contributed by atoms with van der Waals surface area (Å²) < 4.78 is 5.78. The van der Waals surface area contributed by atoms with E-state index in [4.69, 9.17) is 4.74 Å². The number of unbranched alkanes of at least 4 members (excludes halogenated alkanes) is 1. The first-order valence-electron chi connectivity index (χ1n) is 9.40. The van der Waals surface area contributed by atoms with Crippen LogP contribution < -0.4 is 15.4 Å². The van der Waals surface area contributed by atoms with Gasteiger partial charge in [0, 0.05) is 12.2 Å². The van der Waals surface area contributed by atoms with Crippen LogP contribution in [0.3, 0.4) is 0 Å². The highest BCUT2D eigenvalue weighted by Gasteiger charge is 2.07. The summed E-state index contributed by atoms with van der Waals surface area (Å²) in [4.78, 5) is 11.9. The molecule has 144 valence electrons. The van der Waals surface area contributed by atoms with Crippen LogP contribution in [0.4, 0.5) is 11.5 Å². The number of nitrogens with one attached hydrogen (secondary N) is 2. The van der Waals surface area contributed by atoms with Crippen molar-refractivity contribution in [1.82, 2.24) is 15.5 Å². The number of hydrogen-bond donors (Lipinski definition) is 2. The number of nitrogens with zero attached hydrogens (tertiary/aromatic N) is 2. The van der Waals surface area contributed by atoms with E-state index in [-0.39, 0.29) is 5.91 Å². The quantitative estimate of drug-likeness (QED) is 0.544. The first-order chi connectivity index (χ1) is 13.7. The van der Waals surface area contributed by atoms with E-state index in [0.717, 1.165) is 29.8 Å². The molecule has 0 saturated carbocycles.